The number of nitrogens with one attached hydrogen (secondary N) is 2. The molecule has 172 valence electrons. The van der Waals surface area contributed by atoms with Crippen LogP contribution in [0.1, 0.15) is 12.1 Å². The summed E-state index contributed by atoms with van der Waals surface area (Å²) in [6.45, 7) is 2.08. The number of halogens is 2. The molecular weight excluding hydrogens is 473 g/mol. The predicted octanol–water partition coefficient (Wildman–Crippen LogP) is 3.68. The van der Waals surface area contributed by atoms with E-state index < -0.39 is 20.7 Å². The summed E-state index contributed by atoms with van der Waals surface area (Å²) in [5.41, 5.74) is 1.96. The number of aliphatic hydroxyl groups excluding tert-OH is 1. The van der Waals surface area contributed by atoms with Crippen LogP contribution < -0.4 is 9.46 Å². The van der Waals surface area contributed by atoms with Gasteiger partial charge in [0.2, 0.25) is 5.88 Å². The van der Waals surface area contributed by atoms with Gasteiger partial charge in [0.15, 0.2) is 11.5 Å². The van der Waals surface area contributed by atoms with Crippen molar-refractivity contribution >= 4 is 38.3 Å². The minimum atomic E-state index is -4.18. The first-order valence-corrected chi connectivity index (χ1v) is 11.7. The summed E-state index contributed by atoms with van der Waals surface area (Å²) in [7, 11) is -4.18. The number of aromatic nitrogens is 4. The van der Waals surface area contributed by atoms with Crippen LogP contribution in [0.5, 0.6) is 5.88 Å². The van der Waals surface area contributed by atoms with E-state index in [-0.39, 0.29) is 23.9 Å². The second kappa shape index (κ2) is 9.30. The number of aromatic amines is 1. The minimum absolute atomic E-state index is 0.0120. The molecular formula is C21H19ClFN5O4S. The Bertz CT molecular complexity index is 1410. The third kappa shape index (κ3) is 4.90. The summed E-state index contributed by atoms with van der Waals surface area (Å²) < 4.78 is 47.2. The number of rotatable bonds is 8. The number of anilines is 1. The van der Waals surface area contributed by atoms with Crippen LogP contribution in [0.3, 0.4) is 0 Å². The van der Waals surface area contributed by atoms with Crippen molar-refractivity contribution in [3.05, 3.63) is 59.0 Å². The molecule has 0 bridgehead atoms. The van der Waals surface area contributed by atoms with E-state index >= 15 is 0 Å². The molecule has 0 amide bonds. The molecule has 12 heteroatoms. The maximum absolute atomic E-state index is 14.0. The SMILES string of the molecule is Cc1[nH]nc2nc(-c3ccc(NS(=O)(=O)c4cc(Cl)ccc4F)cc3)nc(OCCCO)c12. The number of benzene rings is 2. The molecule has 0 saturated heterocycles. The van der Waals surface area contributed by atoms with Gasteiger partial charge >= 0.3 is 0 Å². The normalized spacial score (nSPS) is 11.6. The van der Waals surface area contributed by atoms with Gasteiger partial charge in [0, 0.05) is 35.0 Å². The van der Waals surface area contributed by atoms with Crippen molar-refractivity contribution < 1.29 is 22.7 Å². The Balaban J connectivity index is 1.62. The van der Waals surface area contributed by atoms with Crippen molar-refractivity contribution in [3.63, 3.8) is 0 Å². The van der Waals surface area contributed by atoms with Crippen LogP contribution >= 0.6 is 11.6 Å². The zero-order valence-corrected chi connectivity index (χ0v) is 18.9. The van der Waals surface area contributed by atoms with Crippen LogP contribution in [0, 0.1) is 12.7 Å². The van der Waals surface area contributed by atoms with E-state index in [9.17, 15) is 12.8 Å². The summed E-state index contributed by atoms with van der Waals surface area (Å²) >= 11 is 5.81. The molecule has 0 atom stereocenters. The molecule has 0 aliphatic carbocycles. The first-order chi connectivity index (χ1) is 15.8. The molecule has 0 saturated carbocycles. The summed E-state index contributed by atoms with van der Waals surface area (Å²) in [5, 5.41) is 16.8. The first-order valence-electron chi connectivity index (χ1n) is 9.83. The molecule has 2 aromatic carbocycles. The van der Waals surface area contributed by atoms with Crippen LogP contribution in [-0.2, 0) is 10.0 Å². The van der Waals surface area contributed by atoms with E-state index in [4.69, 9.17) is 21.4 Å². The highest BCUT2D eigenvalue weighted by atomic mass is 35.5. The number of hydrogen-bond acceptors (Lipinski definition) is 7. The van der Waals surface area contributed by atoms with Crippen LogP contribution in [0.15, 0.2) is 47.4 Å². The van der Waals surface area contributed by atoms with Gasteiger partial charge in [0.05, 0.1) is 6.61 Å². The average molecular weight is 492 g/mol. The number of aryl methyl sites for hydroxylation is 1. The Morgan fingerprint density at radius 3 is 2.67 bits per heavy atom. The van der Waals surface area contributed by atoms with Crippen LogP contribution in [-0.4, -0.2) is 46.9 Å². The van der Waals surface area contributed by atoms with Crippen LogP contribution in [0.4, 0.5) is 10.1 Å². The Kier molecular flexibility index (Phi) is 6.45. The smallest absolute Gasteiger partial charge is 0.264 e. The second-order valence-electron chi connectivity index (χ2n) is 7.08. The van der Waals surface area contributed by atoms with Gasteiger partial charge in [0.25, 0.3) is 10.0 Å². The topological polar surface area (TPSA) is 130 Å². The molecule has 0 aliphatic heterocycles. The van der Waals surface area contributed by atoms with Gasteiger partial charge in [-0.2, -0.15) is 10.1 Å². The van der Waals surface area contributed by atoms with E-state index in [0.29, 0.717) is 34.7 Å². The molecule has 2 heterocycles. The molecule has 2 aromatic heterocycles. The molecule has 0 radical (unpaired) electrons. The highest BCUT2D eigenvalue weighted by Gasteiger charge is 2.20. The van der Waals surface area contributed by atoms with Crippen molar-refractivity contribution in [2.24, 2.45) is 0 Å². The molecule has 4 aromatic rings. The van der Waals surface area contributed by atoms with Crippen molar-refractivity contribution in [1.29, 1.82) is 0 Å². The van der Waals surface area contributed by atoms with Gasteiger partial charge in [-0.3, -0.25) is 9.82 Å². The Morgan fingerprint density at radius 2 is 1.94 bits per heavy atom. The van der Waals surface area contributed by atoms with Crippen molar-refractivity contribution in [2.75, 3.05) is 17.9 Å². The summed E-state index contributed by atoms with van der Waals surface area (Å²) in [6.07, 6.45) is 0.444. The monoisotopic (exact) mass is 491 g/mol. The van der Waals surface area contributed by atoms with Crippen molar-refractivity contribution in [3.8, 4) is 17.3 Å². The van der Waals surface area contributed by atoms with E-state index in [1.807, 2.05) is 6.92 Å². The number of aliphatic hydroxyl groups is 1. The third-order valence-corrected chi connectivity index (χ3v) is 6.31. The number of nitrogens with zero attached hydrogens (tertiary/aromatic N) is 3. The number of sulfonamides is 1. The second-order valence-corrected chi connectivity index (χ2v) is 9.17. The fourth-order valence-corrected chi connectivity index (χ4v) is 4.48. The van der Waals surface area contributed by atoms with E-state index in [1.54, 1.807) is 12.1 Å². The van der Waals surface area contributed by atoms with Gasteiger partial charge in [-0.25, -0.2) is 17.8 Å². The number of H-pyrrole nitrogens is 1. The fraction of sp³-hybridized carbons (Fsp3) is 0.190. The largest absolute Gasteiger partial charge is 0.477 e. The lowest BCUT2D eigenvalue weighted by atomic mass is 10.2. The van der Waals surface area contributed by atoms with Gasteiger partial charge < -0.3 is 9.84 Å². The van der Waals surface area contributed by atoms with Gasteiger partial charge in [-0.15, -0.1) is 0 Å². The molecule has 4 rings (SSSR count). The Morgan fingerprint density at radius 1 is 1.18 bits per heavy atom. The van der Waals surface area contributed by atoms with Gasteiger partial charge in [0.1, 0.15) is 16.1 Å². The predicted molar refractivity (Wildman–Crippen MR) is 121 cm³/mol. The maximum atomic E-state index is 14.0. The molecule has 9 nitrogen and oxygen atoms in total. The standard InChI is InChI=1S/C21H19ClFN5O4S/c1-12-18-20(27-26-12)24-19(25-21(18)32-10-2-9-29)13-3-6-15(7-4-13)28-33(30,31)17-11-14(22)5-8-16(17)23/h3-8,11,28-29H,2,9-10H2,1H3,(H,24,25,26,27). The minimum Gasteiger partial charge on any atom is -0.477 e. The van der Waals surface area contributed by atoms with E-state index in [2.05, 4.69) is 24.9 Å². The molecule has 3 N–H and O–H groups in total. The lowest BCUT2D eigenvalue weighted by Gasteiger charge is -2.11. The van der Waals surface area contributed by atoms with Crippen LogP contribution in [0.2, 0.25) is 5.02 Å². The van der Waals surface area contributed by atoms with Crippen molar-refractivity contribution in [1.82, 2.24) is 20.2 Å². The Labute approximate surface area is 193 Å². The highest BCUT2D eigenvalue weighted by Crippen LogP contribution is 2.29. The zero-order chi connectivity index (χ0) is 23.6. The van der Waals surface area contributed by atoms with Gasteiger partial charge in [-0.1, -0.05) is 11.6 Å². The third-order valence-electron chi connectivity index (χ3n) is 4.68. The summed E-state index contributed by atoms with van der Waals surface area (Å²) in [4.78, 5) is 8.36. The summed E-state index contributed by atoms with van der Waals surface area (Å²) in [6, 6.07) is 9.54. The quantitative estimate of drug-likeness (QED) is 0.320. The molecule has 33 heavy (non-hydrogen) atoms. The number of hydrogen-bond donors (Lipinski definition) is 3. The van der Waals surface area contributed by atoms with Gasteiger partial charge in [-0.05, 0) is 49.4 Å². The van der Waals surface area contributed by atoms with E-state index in [1.165, 1.54) is 18.2 Å². The fourth-order valence-electron chi connectivity index (χ4n) is 3.08. The maximum Gasteiger partial charge on any atom is 0.264 e. The number of fused-ring (bicyclic) bond motifs is 1. The summed E-state index contributed by atoms with van der Waals surface area (Å²) in [5.74, 6) is -0.257. The average Bonchev–Trinajstić information content (AvgIpc) is 3.16. The zero-order valence-electron chi connectivity index (χ0n) is 17.3. The first kappa shape index (κ1) is 22.9. The van der Waals surface area contributed by atoms with E-state index in [0.717, 1.165) is 17.8 Å². The lowest BCUT2D eigenvalue weighted by Crippen LogP contribution is -2.14. The molecule has 0 unspecified atom stereocenters. The van der Waals surface area contributed by atoms with Crippen LogP contribution in [0.25, 0.3) is 22.4 Å². The molecule has 0 spiro atoms. The lowest BCUT2D eigenvalue weighted by molar-refractivity contribution is 0.231. The number of ether oxygens (including phenoxy) is 1. The molecule has 0 fully saturated rings. The Hall–Kier alpha value is -3.28. The highest BCUT2D eigenvalue weighted by molar-refractivity contribution is 7.92. The molecule has 0 aliphatic rings. The van der Waals surface area contributed by atoms with Crippen molar-refractivity contribution in [2.45, 2.75) is 18.2 Å².